The van der Waals surface area contributed by atoms with Crippen molar-refractivity contribution in [2.75, 3.05) is 25.1 Å². The number of nitrogens with one attached hydrogen (secondary N) is 1. The van der Waals surface area contributed by atoms with Gasteiger partial charge >= 0.3 is 5.69 Å². The minimum absolute atomic E-state index is 0.0212. The second-order valence-electron chi connectivity index (χ2n) is 4.43. The monoisotopic (exact) mass is 278 g/mol. The molecular weight excluding hydrogens is 264 g/mol. The second kappa shape index (κ2) is 5.81. The number of rotatable bonds is 5. The van der Waals surface area contributed by atoms with Crippen LogP contribution < -0.4 is 5.32 Å². The fourth-order valence-electron chi connectivity index (χ4n) is 1.97. The molecule has 1 N–H and O–H groups in total. The van der Waals surface area contributed by atoms with E-state index in [9.17, 15) is 10.1 Å². The van der Waals surface area contributed by atoms with Crippen molar-refractivity contribution < 1.29 is 14.4 Å². The number of anilines is 1. The second-order valence-corrected chi connectivity index (χ2v) is 4.43. The van der Waals surface area contributed by atoms with E-state index in [1.165, 1.54) is 12.3 Å². The van der Waals surface area contributed by atoms with Crippen LogP contribution in [0.15, 0.2) is 12.3 Å². The third-order valence-corrected chi connectivity index (χ3v) is 3.00. The third kappa shape index (κ3) is 3.01. The molecule has 1 fully saturated rings. The van der Waals surface area contributed by atoms with Gasteiger partial charge in [-0.1, -0.05) is 0 Å². The van der Waals surface area contributed by atoms with Gasteiger partial charge in [-0.15, -0.1) is 0 Å². The summed E-state index contributed by atoms with van der Waals surface area (Å²) in [5, 5.41) is 22.7. The highest BCUT2D eigenvalue weighted by molar-refractivity contribution is 5.63. The van der Waals surface area contributed by atoms with Crippen molar-refractivity contribution in [3.8, 4) is 6.07 Å². The summed E-state index contributed by atoms with van der Waals surface area (Å²) in [7, 11) is 0. The average Bonchev–Trinajstić information content (AvgIpc) is 2.85. The van der Waals surface area contributed by atoms with Crippen LogP contribution in [0.5, 0.6) is 0 Å². The summed E-state index contributed by atoms with van der Waals surface area (Å²) in [4.78, 5) is 14.3. The van der Waals surface area contributed by atoms with E-state index in [0.29, 0.717) is 26.2 Å². The summed E-state index contributed by atoms with van der Waals surface area (Å²) in [6.45, 7) is 3.28. The first-order valence-corrected chi connectivity index (χ1v) is 6.11. The van der Waals surface area contributed by atoms with Crippen LogP contribution in [-0.4, -0.2) is 35.5 Å². The van der Waals surface area contributed by atoms with E-state index < -0.39 is 10.7 Å². The summed E-state index contributed by atoms with van der Waals surface area (Å²) in [5.74, 6) is -0.593. The normalized spacial score (nSPS) is 16.6. The molecule has 20 heavy (non-hydrogen) atoms. The number of hydrogen-bond donors (Lipinski definition) is 1. The first-order chi connectivity index (χ1) is 9.56. The minimum atomic E-state index is -0.672. The lowest BCUT2D eigenvalue weighted by Gasteiger charge is -2.22. The van der Waals surface area contributed by atoms with Crippen LogP contribution in [0.2, 0.25) is 0 Å². The molecule has 0 unspecified atom stereocenters. The zero-order valence-corrected chi connectivity index (χ0v) is 11.0. The van der Waals surface area contributed by atoms with Crippen LogP contribution in [0, 0.1) is 21.4 Å². The fourth-order valence-corrected chi connectivity index (χ4v) is 1.97. The predicted molar refractivity (Wildman–Crippen MR) is 69.0 cm³/mol. The maximum Gasteiger partial charge on any atom is 0.328 e. The Bertz CT molecular complexity index is 549. The molecule has 8 heteroatoms. The molecule has 1 aliphatic heterocycles. The third-order valence-electron chi connectivity index (χ3n) is 3.00. The van der Waals surface area contributed by atoms with E-state index in [4.69, 9.17) is 14.7 Å². The number of pyridine rings is 1. The van der Waals surface area contributed by atoms with Gasteiger partial charge in [-0.3, -0.25) is 10.1 Å². The predicted octanol–water partition coefficient (Wildman–Crippen LogP) is 1.43. The molecule has 0 bridgehead atoms. The number of aromatic nitrogens is 1. The summed E-state index contributed by atoms with van der Waals surface area (Å²) in [5.41, 5.74) is -0.333. The lowest BCUT2D eigenvalue weighted by Crippen LogP contribution is -2.28. The number of hydrogen-bond acceptors (Lipinski definition) is 7. The SMILES string of the molecule is CC1(CCNc2nccc(C#N)c2[N+](=O)[O-])OCCO1. The molecule has 0 amide bonds. The Morgan fingerprint density at radius 3 is 2.90 bits per heavy atom. The van der Waals surface area contributed by atoms with Crippen molar-refractivity contribution in [2.24, 2.45) is 0 Å². The van der Waals surface area contributed by atoms with E-state index in [1.807, 2.05) is 6.92 Å². The van der Waals surface area contributed by atoms with Crippen LogP contribution in [0.3, 0.4) is 0 Å². The van der Waals surface area contributed by atoms with Gasteiger partial charge < -0.3 is 14.8 Å². The van der Waals surface area contributed by atoms with Crippen LogP contribution in [0.4, 0.5) is 11.5 Å². The largest absolute Gasteiger partial charge is 0.364 e. The van der Waals surface area contributed by atoms with E-state index in [2.05, 4.69) is 10.3 Å². The molecule has 0 spiro atoms. The minimum Gasteiger partial charge on any atom is -0.364 e. The van der Waals surface area contributed by atoms with Crippen molar-refractivity contribution in [2.45, 2.75) is 19.1 Å². The van der Waals surface area contributed by atoms with Crippen LogP contribution in [-0.2, 0) is 9.47 Å². The van der Waals surface area contributed by atoms with E-state index in [-0.39, 0.29) is 17.1 Å². The van der Waals surface area contributed by atoms with Crippen LogP contribution in [0.25, 0.3) is 0 Å². The topological polar surface area (TPSA) is 110 Å². The van der Waals surface area contributed by atoms with Crippen molar-refractivity contribution >= 4 is 11.5 Å². The highest BCUT2D eigenvalue weighted by Gasteiger charge is 2.30. The number of ether oxygens (including phenoxy) is 2. The molecule has 2 rings (SSSR count). The highest BCUT2D eigenvalue weighted by atomic mass is 16.7. The Kier molecular flexibility index (Phi) is 4.12. The zero-order valence-electron chi connectivity index (χ0n) is 11.0. The van der Waals surface area contributed by atoms with Crippen molar-refractivity contribution in [3.05, 3.63) is 27.9 Å². The lowest BCUT2D eigenvalue weighted by atomic mass is 10.2. The van der Waals surface area contributed by atoms with Gasteiger partial charge in [0.2, 0.25) is 5.82 Å². The molecule has 8 nitrogen and oxygen atoms in total. The van der Waals surface area contributed by atoms with Crippen molar-refractivity contribution in [1.29, 1.82) is 5.26 Å². The first kappa shape index (κ1) is 14.2. The van der Waals surface area contributed by atoms with Crippen molar-refractivity contribution in [3.63, 3.8) is 0 Å². The standard InChI is InChI=1S/C12H14N4O4/c1-12(19-6-7-20-12)3-5-15-11-10(16(17)18)9(8-13)2-4-14-11/h2,4H,3,5-7H2,1H3,(H,14,15). The van der Waals surface area contributed by atoms with Gasteiger partial charge in [0.15, 0.2) is 5.79 Å². The smallest absolute Gasteiger partial charge is 0.328 e. The Morgan fingerprint density at radius 1 is 1.60 bits per heavy atom. The van der Waals surface area contributed by atoms with Gasteiger partial charge in [-0.05, 0) is 13.0 Å². The van der Waals surface area contributed by atoms with E-state index in [1.54, 1.807) is 6.07 Å². The van der Waals surface area contributed by atoms with Crippen molar-refractivity contribution in [1.82, 2.24) is 4.98 Å². The Hall–Kier alpha value is -2.24. The number of nitriles is 1. The molecule has 0 atom stereocenters. The Balaban J connectivity index is 2.06. The maximum atomic E-state index is 11.0. The number of nitrogens with zero attached hydrogens (tertiary/aromatic N) is 3. The molecule has 1 aromatic rings. The molecule has 1 aliphatic rings. The first-order valence-electron chi connectivity index (χ1n) is 6.11. The fraction of sp³-hybridized carbons (Fsp3) is 0.500. The average molecular weight is 278 g/mol. The summed E-state index contributed by atoms with van der Waals surface area (Å²) in [6, 6.07) is 3.10. The summed E-state index contributed by atoms with van der Waals surface area (Å²) < 4.78 is 10.9. The molecule has 1 saturated heterocycles. The summed E-state index contributed by atoms with van der Waals surface area (Å²) >= 11 is 0. The van der Waals surface area contributed by atoms with Gasteiger partial charge in [0.1, 0.15) is 11.6 Å². The maximum absolute atomic E-state index is 11.0. The van der Waals surface area contributed by atoms with E-state index in [0.717, 1.165) is 0 Å². The number of nitro groups is 1. The van der Waals surface area contributed by atoms with Crippen LogP contribution in [0.1, 0.15) is 18.9 Å². The molecular formula is C12H14N4O4. The molecule has 106 valence electrons. The van der Waals surface area contributed by atoms with Gasteiger partial charge in [0.25, 0.3) is 0 Å². The molecule has 1 aromatic heterocycles. The van der Waals surface area contributed by atoms with Gasteiger partial charge in [0, 0.05) is 19.2 Å². The summed E-state index contributed by atoms with van der Waals surface area (Å²) in [6.07, 6.45) is 1.88. The van der Waals surface area contributed by atoms with Gasteiger partial charge in [-0.2, -0.15) is 5.26 Å². The molecule has 2 heterocycles. The van der Waals surface area contributed by atoms with E-state index >= 15 is 0 Å². The molecule has 0 radical (unpaired) electrons. The molecule has 0 aromatic carbocycles. The quantitative estimate of drug-likeness (QED) is 0.640. The molecule has 0 saturated carbocycles. The zero-order chi connectivity index (χ0) is 14.6. The van der Waals surface area contributed by atoms with Gasteiger partial charge in [-0.25, -0.2) is 4.98 Å². The van der Waals surface area contributed by atoms with Crippen LogP contribution >= 0.6 is 0 Å². The highest BCUT2D eigenvalue weighted by Crippen LogP contribution is 2.27. The van der Waals surface area contributed by atoms with Gasteiger partial charge in [0.05, 0.1) is 18.1 Å². The Labute approximate surface area is 115 Å². The molecule has 0 aliphatic carbocycles. The lowest BCUT2D eigenvalue weighted by molar-refractivity contribution is -0.384. The Morgan fingerprint density at radius 2 is 2.30 bits per heavy atom.